The van der Waals surface area contributed by atoms with Crippen LogP contribution in [0.15, 0.2) is 35.3 Å². The van der Waals surface area contributed by atoms with Gasteiger partial charge in [-0.15, -0.1) is 11.5 Å². The van der Waals surface area contributed by atoms with Crippen molar-refractivity contribution in [2.75, 3.05) is 0 Å². The van der Waals surface area contributed by atoms with E-state index in [1.807, 2.05) is 0 Å². The minimum absolute atomic E-state index is 0.439. The van der Waals surface area contributed by atoms with Crippen molar-refractivity contribution in [2.45, 2.75) is 12.8 Å². The molecule has 1 spiro atoms. The van der Waals surface area contributed by atoms with Crippen LogP contribution >= 0.6 is 0 Å². The lowest BCUT2D eigenvalue weighted by Gasteiger charge is -2.16. The lowest BCUT2D eigenvalue weighted by atomic mass is 9.85. The maximum atomic E-state index is 3.33. The van der Waals surface area contributed by atoms with Crippen molar-refractivity contribution >= 4 is 0 Å². The van der Waals surface area contributed by atoms with Gasteiger partial charge < -0.3 is 0 Å². The summed E-state index contributed by atoms with van der Waals surface area (Å²) < 4.78 is 0. The Balaban J connectivity index is 2.22. The Hall–Kier alpha value is -0.960. The van der Waals surface area contributed by atoms with E-state index in [4.69, 9.17) is 0 Å². The molecular weight excluding hydrogens is 120 g/mol. The second kappa shape index (κ2) is 1.22. The molecule has 3 aliphatic carbocycles. The molecule has 0 saturated heterocycles. The van der Waals surface area contributed by atoms with Gasteiger partial charge in [-0.2, -0.15) is 0 Å². The fourth-order valence-electron chi connectivity index (χ4n) is 2.06. The first-order valence-corrected chi connectivity index (χ1v) is 3.80. The highest BCUT2D eigenvalue weighted by Gasteiger charge is 2.54. The highest BCUT2D eigenvalue weighted by molar-refractivity contribution is 5.46. The first-order valence-electron chi connectivity index (χ1n) is 3.80. The fourth-order valence-corrected chi connectivity index (χ4v) is 2.06. The maximum absolute atomic E-state index is 3.33. The topological polar surface area (TPSA) is 0 Å². The van der Waals surface area contributed by atoms with Gasteiger partial charge in [-0.25, -0.2) is 0 Å². The Bertz CT molecular complexity index is 320. The summed E-state index contributed by atoms with van der Waals surface area (Å²) in [6.07, 6.45) is 9.02. The van der Waals surface area contributed by atoms with Crippen LogP contribution < -0.4 is 0 Å². The highest BCUT2D eigenvalue weighted by Crippen LogP contribution is 2.63. The van der Waals surface area contributed by atoms with Crippen molar-refractivity contribution in [1.82, 2.24) is 0 Å². The summed E-state index contributed by atoms with van der Waals surface area (Å²) in [5.41, 5.74) is 8.49. The molecule has 0 amide bonds. The van der Waals surface area contributed by atoms with E-state index in [0.29, 0.717) is 5.41 Å². The molecule has 0 bridgehead atoms. The van der Waals surface area contributed by atoms with E-state index in [0.717, 1.165) is 5.92 Å². The number of allylic oxidation sites excluding steroid dienone is 2. The molecule has 48 valence electrons. The molecule has 0 heterocycles. The molecular formula is C10H8. The van der Waals surface area contributed by atoms with E-state index in [1.54, 1.807) is 0 Å². The van der Waals surface area contributed by atoms with E-state index in [1.165, 1.54) is 18.4 Å². The third-order valence-corrected chi connectivity index (χ3v) is 2.86. The molecule has 2 atom stereocenters. The van der Waals surface area contributed by atoms with E-state index < -0.39 is 0 Å². The number of hydrogen-bond acceptors (Lipinski definition) is 0. The Morgan fingerprint density at radius 2 is 2.60 bits per heavy atom. The molecule has 3 aliphatic rings. The van der Waals surface area contributed by atoms with E-state index >= 15 is 0 Å². The van der Waals surface area contributed by atoms with Gasteiger partial charge in [-0.3, -0.25) is 0 Å². The van der Waals surface area contributed by atoms with Gasteiger partial charge in [-0.1, -0.05) is 0 Å². The van der Waals surface area contributed by atoms with Gasteiger partial charge in [-0.05, 0) is 36.6 Å². The summed E-state index contributed by atoms with van der Waals surface area (Å²) in [5, 5.41) is 0. The lowest BCUT2D eigenvalue weighted by molar-refractivity contribution is 0.483. The molecule has 0 aromatic carbocycles. The number of rotatable bonds is 0. The second-order valence-electron chi connectivity index (χ2n) is 3.36. The second-order valence-corrected chi connectivity index (χ2v) is 3.36. The molecule has 0 radical (unpaired) electrons. The van der Waals surface area contributed by atoms with Crippen LogP contribution in [0.3, 0.4) is 0 Å². The SMILES string of the molecule is C1=CCC2C=C=C3CC32C=1. The average Bonchev–Trinajstić information content (AvgIpc) is 2.55. The van der Waals surface area contributed by atoms with Crippen molar-refractivity contribution in [1.29, 1.82) is 0 Å². The molecule has 10 heavy (non-hydrogen) atoms. The largest absolute Gasteiger partial charge is 0.129 e. The van der Waals surface area contributed by atoms with Crippen molar-refractivity contribution in [3.05, 3.63) is 35.3 Å². The highest BCUT2D eigenvalue weighted by atomic mass is 14.6. The predicted octanol–water partition coefficient (Wildman–Crippen LogP) is 2.20. The molecule has 0 aromatic rings. The molecule has 2 unspecified atom stereocenters. The summed E-state index contributed by atoms with van der Waals surface area (Å²) in [4.78, 5) is 0. The molecule has 0 heteroatoms. The van der Waals surface area contributed by atoms with Gasteiger partial charge in [0, 0.05) is 11.3 Å². The third-order valence-electron chi connectivity index (χ3n) is 2.86. The van der Waals surface area contributed by atoms with E-state index in [-0.39, 0.29) is 0 Å². The first kappa shape index (κ1) is 4.79. The van der Waals surface area contributed by atoms with Crippen LogP contribution in [0.2, 0.25) is 0 Å². The Labute approximate surface area is 60.2 Å². The molecule has 0 nitrogen and oxygen atoms in total. The zero-order chi connectivity index (χ0) is 6.60. The summed E-state index contributed by atoms with van der Waals surface area (Å²) in [7, 11) is 0. The summed E-state index contributed by atoms with van der Waals surface area (Å²) in [6.45, 7) is 0. The smallest absolute Gasteiger partial charge is 0.0357 e. The van der Waals surface area contributed by atoms with Crippen molar-refractivity contribution < 1.29 is 0 Å². The predicted molar refractivity (Wildman–Crippen MR) is 39.4 cm³/mol. The zero-order valence-electron chi connectivity index (χ0n) is 5.72. The summed E-state index contributed by atoms with van der Waals surface area (Å²) in [5.74, 6) is 0.740. The van der Waals surface area contributed by atoms with Gasteiger partial charge >= 0.3 is 0 Å². The maximum Gasteiger partial charge on any atom is 0.0357 e. The summed E-state index contributed by atoms with van der Waals surface area (Å²) >= 11 is 0. The van der Waals surface area contributed by atoms with Crippen LogP contribution in [0.5, 0.6) is 0 Å². The summed E-state index contributed by atoms with van der Waals surface area (Å²) in [6, 6.07) is 0. The molecule has 1 saturated carbocycles. The first-order chi connectivity index (χ1) is 4.92. The normalized spacial score (nSPS) is 44.8. The van der Waals surface area contributed by atoms with Crippen molar-refractivity contribution in [3.63, 3.8) is 0 Å². The monoisotopic (exact) mass is 128 g/mol. The lowest BCUT2D eigenvalue weighted by Crippen LogP contribution is -2.10. The van der Waals surface area contributed by atoms with Gasteiger partial charge in [0.1, 0.15) is 0 Å². The van der Waals surface area contributed by atoms with Crippen LogP contribution in [0.1, 0.15) is 12.8 Å². The standard InChI is InChI=1S/C10H8/c1-2-6-10-7-9(10)5-4-8(10)3-1/h1,4,6,8H,3,7H2. The third kappa shape index (κ3) is 0.351. The zero-order valence-corrected chi connectivity index (χ0v) is 5.72. The van der Waals surface area contributed by atoms with Gasteiger partial charge in [0.15, 0.2) is 0 Å². The van der Waals surface area contributed by atoms with Crippen molar-refractivity contribution in [3.8, 4) is 0 Å². The average molecular weight is 128 g/mol. The quantitative estimate of drug-likeness (QED) is 0.439. The number of hydrogen-bond donors (Lipinski definition) is 0. The van der Waals surface area contributed by atoms with Crippen molar-refractivity contribution in [2.24, 2.45) is 11.3 Å². The van der Waals surface area contributed by atoms with Gasteiger partial charge in [0.05, 0.1) is 0 Å². The van der Waals surface area contributed by atoms with E-state index in [2.05, 4.69) is 29.7 Å². The molecule has 3 rings (SSSR count). The van der Waals surface area contributed by atoms with Crippen LogP contribution in [-0.2, 0) is 0 Å². The van der Waals surface area contributed by atoms with Crippen LogP contribution in [0.25, 0.3) is 0 Å². The Morgan fingerprint density at radius 3 is 3.40 bits per heavy atom. The van der Waals surface area contributed by atoms with E-state index in [9.17, 15) is 0 Å². The van der Waals surface area contributed by atoms with Gasteiger partial charge in [0.25, 0.3) is 0 Å². The molecule has 0 N–H and O–H groups in total. The minimum Gasteiger partial charge on any atom is -0.129 e. The molecule has 1 fully saturated rings. The van der Waals surface area contributed by atoms with Crippen LogP contribution in [-0.4, -0.2) is 0 Å². The van der Waals surface area contributed by atoms with Crippen LogP contribution in [0, 0.1) is 11.3 Å². The molecule has 0 aromatic heterocycles. The fraction of sp³-hybridized carbons (Fsp3) is 0.400. The van der Waals surface area contributed by atoms with Gasteiger partial charge in [0.2, 0.25) is 0 Å². The van der Waals surface area contributed by atoms with Crippen LogP contribution in [0.4, 0.5) is 0 Å². The Morgan fingerprint density at radius 1 is 1.60 bits per heavy atom. The molecule has 0 aliphatic heterocycles. The Kier molecular flexibility index (Phi) is 0.587. The minimum atomic E-state index is 0.439.